The summed E-state index contributed by atoms with van der Waals surface area (Å²) in [6.45, 7) is 8.59. The minimum absolute atomic E-state index is 0.220. The molecule has 17 heavy (non-hydrogen) atoms. The van der Waals surface area contributed by atoms with Crippen LogP contribution in [0.15, 0.2) is 24.3 Å². The largest absolute Gasteiger partial charge is 0.460 e. The van der Waals surface area contributed by atoms with Gasteiger partial charge in [-0.05, 0) is 6.92 Å². The normalized spacial score (nSPS) is 11.1. The lowest BCUT2D eigenvalue weighted by Crippen LogP contribution is -2.37. The number of carbonyl (C=O) groups excluding carboxylic acids is 2. The van der Waals surface area contributed by atoms with Crippen molar-refractivity contribution in [2.24, 2.45) is 0 Å². The van der Waals surface area contributed by atoms with Crippen LogP contribution in [0.1, 0.15) is 17.3 Å². The molecule has 0 saturated heterocycles. The molecule has 0 aliphatic carbocycles. The predicted octanol–water partition coefficient (Wildman–Crippen LogP) is 1.98. The van der Waals surface area contributed by atoms with Crippen LogP contribution in [0.2, 0.25) is 19.6 Å². The molecule has 92 valence electrons. The summed E-state index contributed by atoms with van der Waals surface area (Å²) >= 11 is 0. The van der Waals surface area contributed by atoms with Crippen LogP contribution in [-0.4, -0.2) is 26.4 Å². The van der Waals surface area contributed by atoms with Crippen molar-refractivity contribution in [2.75, 3.05) is 6.61 Å². The summed E-state index contributed by atoms with van der Waals surface area (Å²) in [4.78, 5) is 22.9. The zero-order valence-corrected chi connectivity index (χ0v) is 11.7. The molecule has 0 radical (unpaired) electrons. The smallest absolute Gasteiger partial charge is 0.379 e. The van der Waals surface area contributed by atoms with Crippen molar-refractivity contribution in [2.45, 2.75) is 26.6 Å². The number of ether oxygens (including phenoxy) is 1. The minimum Gasteiger partial charge on any atom is -0.460 e. The first kappa shape index (κ1) is 13.6. The van der Waals surface area contributed by atoms with Crippen LogP contribution in [0.25, 0.3) is 0 Å². The lowest BCUT2D eigenvalue weighted by atomic mass is 10.1. The van der Waals surface area contributed by atoms with E-state index in [0.717, 1.165) is 0 Å². The molecule has 0 amide bonds. The van der Waals surface area contributed by atoms with Crippen molar-refractivity contribution in [3.8, 4) is 0 Å². The van der Waals surface area contributed by atoms with E-state index in [2.05, 4.69) is 24.4 Å². The van der Waals surface area contributed by atoms with Crippen LogP contribution in [-0.2, 0) is 9.53 Å². The quantitative estimate of drug-likeness (QED) is 0.355. The number of Topliss-reactive ketones (excluding diaryl/α,β-unsaturated/α-hetero) is 1. The van der Waals surface area contributed by atoms with E-state index >= 15 is 0 Å². The van der Waals surface area contributed by atoms with Gasteiger partial charge in [0.2, 0.25) is 0 Å². The second-order valence-electron chi connectivity index (χ2n) is 4.88. The van der Waals surface area contributed by atoms with Gasteiger partial charge in [-0.3, -0.25) is 4.79 Å². The van der Waals surface area contributed by atoms with E-state index in [9.17, 15) is 9.59 Å². The Morgan fingerprint density at radius 1 is 1.12 bits per heavy atom. The van der Waals surface area contributed by atoms with E-state index in [1.165, 1.54) is 5.19 Å². The van der Waals surface area contributed by atoms with Crippen molar-refractivity contribution >= 4 is 25.0 Å². The van der Waals surface area contributed by atoms with Crippen molar-refractivity contribution in [3.63, 3.8) is 0 Å². The van der Waals surface area contributed by atoms with Gasteiger partial charge in [0.15, 0.2) is 0 Å². The molecular weight excluding hydrogens is 232 g/mol. The highest BCUT2D eigenvalue weighted by Gasteiger charge is 2.20. The Kier molecular flexibility index (Phi) is 4.23. The van der Waals surface area contributed by atoms with Gasteiger partial charge in [0.1, 0.15) is 0 Å². The molecule has 0 spiro atoms. The summed E-state index contributed by atoms with van der Waals surface area (Å²) in [5, 5.41) is 1.26. The molecule has 1 aromatic rings. The topological polar surface area (TPSA) is 43.4 Å². The number of esters is 1. The van der Waals surface area contributed by atoms with E-state index in [1.807, 2.05) is 12.1 Å². The molecule has 0 unspecified atom stereocenters. The predicted molar refractivity (Wildman–Crippen MR) is 70.4 cm³/mol. The molecule has 0 N–H and O–H groups in total. The number of rotatable bonds is 4. The first-order valence-corrected chi connectivity index (χ1v) is 9.18. The maximum absolute atomic E-state index is 11.6. The monoisotopic (exact) mass is 250 g/mol. The van der Waals surface area contributed by atoms with Gasteiger partial charge in [0.25, 0.3) is 5.78 Å². The molecular formula is C13H18O3Si. The summed E-state index contributed by atoms with van der Waals surface area (Å²) < 4.78 is 4.68. The molecule has 0 aliphatic rings. The fraction of sp³-hybridized carbons (Fsp3) is 0.385. The van der Waals surface area contributed by atoms with E-state index in [-0.39, 0.29) is 6.61 Å². The SMILES string of the molecule is CCOC(=O)C(=O)c1ccc([Si](C)(C)C)cc1. The van der Waals surface area contributed by atoms with E-state index in [4.69, 9.17) is 0 Å². The second-order valence-corrected chi connectivity index (χ2v) is 9.95. The van der Waals surface area contributed by atoms with Gasteiger partial charge in [-0.15, -0.1) is 0 Å². The van der Waals surface area contributed by atoms with Crippen molar-refractivity contribution < 1.29 is 14.3 Å². The summed E-state index contributed by atoms with van der Waals surface area (Å²) in [6, 6.07) is 7.26. The zero-order valence-electron chi connectivity index (χ0n) is 10.7. The molecule has 0 bridgehead atoms. The van der Waals surface area contributed by atoms with Gasteiger partial charge in [0.05, 0.1) is 14.7 Å². The third-order valence-electron chi connectivity index (χ3n) is 2.47. The van der Waals surface area contributed by atoms with Crippen molar-refractivity contribution in [1.82, 2.24) is 0 Å². The van der Waals surface area contributed by atoms with Gasteiger partial charge in [-0.25, -0.2) is 4.79 Å². The Bertz CT molecular complexity index is 415. The molecule has 0 saturated carbocycles. The molecule has 1 aromatic carbocycles. The maximum Gasteiger partial charge on any atom is 0.379 e. The standard InChI is InChI=1S/C13H18O3Si/c1-5-16-13(15)12(14)10-6-8-11(9-7-10)17(2,3)4/h6-9H,5H2,1-4H3. The molecule has 1 rings (SSSR count). The highest BCUT2D eigenvalue weighted by atomic mass is 28.3. The third-order valence-corrected chi connectivity index (χ3v) is 4.54. The third kappa shape index (κ3) is 3.52. The summed E-state index contributed by atoms with van der Waals surface area (Å²) in [7, 11) is -1.36. The van der Waals surface area contributed by atoms with E-state index in [1.54, 1.807) is 19.1 Å². The van der Waals surface area contributed by atoms with Crippen molar-refractivity contribution in [3.05, 3.63) is 29.8 Å². The van der Waals surface area contributed by atoms with Crippen LogP contribution in [0, 0.1) is 0 Å². The average molecular weight is 250 g/mol. The molecule has 0 aromatic heterocycles. The number of hydrogen-bond acceptors (Lipinski definition) is 3. The lowest BCUT2D eigenvalue weighted by molar-refractivity contribution is -0.137. The van der Waals surface area contributed by atoms with Crippen LogP contribution in [0.4, 0.5) is 0 Å². The van der Waals surface area contributed by atoms with Gasteiger partial charge in [-0.1, -0.05) is 49.1 Å². The molecule has 3 nitrogen and oxygen atoms in total. The Balaban J connectivity index is 2.88. The summed E-state index contributed by atoms with van der Waals surface area (Å²) in [6.07, 6.45) is 0. The molecule has 4 heteroatoms. The Morgan fingerprint density at radius 3 is 2.06 bits per heavy atom. The van der Waals surface area contributed by atoms with Crippen LogP contribution < -0.4 is 5.19 Å². The maximum atomic E-state index is 11.6. The Morgan fingerprint density at radius 2 is 1.65 bits per heavy atom. The Hall–Kier alpha value is -1.42. The van der Waals surface area contributed by atoms with Gasteiger partial charge < -0.3 is 4.74 Å². The summed E-state index contributed by atoms with van der Waals surface area (Å²) in [5.41, 5.74) is 0.394. The second kappa shape index (κ2) is 5.27. The van der Waals surface area contributed by atoms with Gasteiger partial charge >= 0.3 is 5.97 Å². The number of benzene rings is 1. The van der Waals surface area contributed by atoms with Gasteiger partial charge in [-0.2, -0.15) is 0 Å². The number of carbonyl (C=O) groups is 2. The highest BCUT2D eigenvalue weighted by molar-refractivity contribution is 6.88. The highest BCUT2D eigenvalue weighted by Crippen LogP contribution is 2.06. The first-order chi connectivity index (χ1) is 7.86. The molecule has 0 atom stereocenters. The average Bonchev–Trinajstić information content (AvgIpc) is 2.27. The number of ketones is 1. The molecule has 0 heterocycles. The lowest BCUT2D eigenvalue weighted by Gasteiger charge is -2.16. The van der Waals surface area contributed by atoms with Crippen LogP contribution in [0.3, 0.4) is 0 Å². The molecule has 0 fully saturated rings. The fourth-order valence-electron chi connectivity index (χ4n) is 1.44. The Labute approximate surface area is 103 Å². The van der Waals surface area contributed by atoms with Crippen LogP contribution >= 0.6 is 0 Å². The zero-order chi connectivity index (χ0) is 13.1. The van der Waals surface area contributed by atoms with Crippen LogP contribution in [0.5, 0.6) is 0 Å². The molecule has 0 aliphatic heterocycles. The number of hydrogen-bond donors (Lipinski definition) is 0. The van der Waals surface area contributed by atoms with Gasteiger partial charge in [0, 0.05) is 5.56 Å². The van der Waals surface area contributed by atoms with E-state index < -0.39 is 19.8 Å². The fourth-order valence-corrected chi connectivity index (χ4v) is 2.60. The van der Waals surface area contributed by atoms with E-state index in [0.29, 0.717) is 5.56 Å². The minimum atomic E-state index is -1.36. The summed E-state index contributed by atoms with van der Waals surface area (Å²) in [5.74, 6) is -1.36. The van der Waals surface area contributed by atoms with Crippen molar-refractivity contribution in [1.29, 1.82) is 0 Å². The first-order valence-electron chi connectivity index (χ1n) is 5.68.